The Kier molecular flexibility index (Phi) is 3.27. The molecule has 8 heteroatoms. The van der Waals surface area contributed by atoms with Crippen molar-refractivity contribution in [2.45, 2.75) is 0 Å². The third kappa shape index (κ3) is 3.11. The Morgan fingerprint density at radius 2 is 2.21 bits per heavy atom. The number of nitrogens with zero attached hydrogens (tertiary/aromatic N) is 2. The quantitative estimate of drug-likeness (QED) is 0.878. The second-order valence-electron chi connectivity index (χ2n) is 2.42. The maximum absolute atomic E-state index is 10.9. The molecule has 1 N–H and O–H groups in total. The summed E-state index contributed by atoms with van der Waals surface area (Å²) < 4.78 is 29.3. The van der Waals surface area contributed by atoms with Gasteiger partial charge in [0.25, 0.3) is 5.88 Å². The number of rotatable bonds is 3. The van der Waals surface area contributed by atoms with Crippen molar-refractivity contribution >= 4 is 31.8 Å². The first-order valence-electron chi connectivity index (χ1n) is 3.46. The number of hydrogen-bond donors (Lipinski definition) is 1. The average Bonchev–Trinajstić information content (AvgIpc) is 2.06. The summed E-state index contributed by atoms with van der Waals surface area (Å²) in [6.45, 7) is 0. The van der Waals surface area contributed by atoms with Gasteiger partial charge in [0.1, 0.15) is 4.60 Å². The molecule has 78 valence electrons. The van der Waals surface area contributed by atoms with Gasteiger partial charge in [0.15, 0.2) is 0 Å². The Morgan fingerprint density at radius 1 is 1.57 bits per heavy atom. The molecule has 1 rings (SSSR count). The van der Waals surface area contributed by atoms with Crippen molar-refractivity contribution in [3.63, 3.8) is 0 Å². The monoisotopic (exact) mass is 281 g/mol. The van der Waals surface area contributed by atoms with Crippen molar-refractivity contribution < 1.29 is 13.2 Å². The number of sulfonamides is 1. The first-order chi connectivity index (χ1) is 6.42. The zero-order valence-electron chi connectivity index (χ0n) is 7.48. The van der Waals surface area contributed by atoms with Crippen molar-refractivity contribution in [1.29, 1.82) is 0 Å². The molecule has 0 aliphatic rings. The molecule has 0 aliphatic heterocycles. The molecule has 0 fully saturated rings. The van der Waals surface area contributed by atoms with Gasteiger partial charge in [0.05, 0.1) is 19.6 Å². The van der Waals surface area contributed by atoms with Crippen LogP contribution in [0.25, 0.3) is 0 Å². The van der Waals surface area contributed by atoms with Gasteiger partial charge in [-0.05, 0) is 15.9 Å². The van der Waals surface area contributed by atoms with Crippen molar-refractivity contribution in [2.75, 3.05) is 18.1 Å². The van der Waals surface area contributed by atoms with Crippen LogP contribution in [0.1, 0.15) is 0 Å². The lowest BCUT2D eigenvalue weighted by Crippen LogP contribution is -2.12. The summed E-state index contributed by atoms with van der Waals surface area (Å²) in [5, 5.41) is 0. The number of nitrogens with one attached hydrogen (secondary N) is 1. The molecular weight excluding hydrogens is 274 g/mol. The molecule has 0 atom stereocenters. The molecule has 0 unspecified atom stereocenters. The highest BCUT2D eigenvalue weighted by Gasteiger charge is 2.11. The van der Waals surface area contributed by atoms with Gasteiger partial charge in [0, 0.05) is 0 Å². The molecule has 0 bridgehead atoms. The van der Waals surface area contributed by atoms with E-state index < -0.39 is 10.0 Å². The fraction of sp³-hybridized carbons (Fsp3) is 0.333. The lowest BCUT2D eigenvalue weighted by molar-refractivity contribution is 0.397. The van der Waals surface area contributed by atoms with Crippen LogP contribution in [0.2, 0.25) is 0 Å². The van der Waals surface area contributed by atoms with E-state index in [0.29, 0.717) is 4.60 Å². The van der Waals surface area contributed by atoms with E-state index in [-0.39, 0.29) is 11.7 Å². The largest absolute Gasteiger partial charge is 0.478 e. The Bertz CT molecular complexity index is 434. The van der Waals surface area contributed by atoms with Crippen LogP contribution in [0.4, 0.5) is 5.82 Å². The molecule has 6 nitrogen and oxygen atoms in total. The molecule has 1 aromatic rings. The van der Waals surface area contributed by atoms with Crippen LogP contribution in [0.15, 0.2) is 10.8 Å². The second kappa shape index (κ2) is 4.09. The molecule has 0 saturated carbocycles. The Balaban J connectivity index is 3.09. The summed E-state index contributed by atoms with van der Waals surface area (Å²) in [6.07, 6.45) is 2.40. The molecule has 0 aromatic carbocycles. The zero-order chi connectivity index (χ0) is 10.8. The third-order valence-electron chi connectivity index (χ3n) is 1.19. The minimum Gasteiger partial charge on any atom is -0.478 e. The van der Waals surface area contributed by atoms with Gasteiger partial charge < -0.3 is 4.74 Å². The Morgan fingerprint density at radius 3 is 2.71 bits per heavy atom. The summed E-state index contributed by atoms with van der Waals surface area (Å²) in [6, 6.07) is 0. The number of anilines is 1. The predicted molar refractivity (Wildman–Crippen MR) is 54.8 cm³/mol. The highest BCUT2D eigenvalue weighted by Crippen LogP contribution is 2.21. The van der Waals surface area contributed by atoms with Crippen LogP contribution in [-0.4, -0.2) is 31.8 Å². The van der Waals surface area contributed by atoms with E-state index in [9.17, 15) is 8.42 Å². The van der Waals surface area contributed by atoms with Gasteiger partial charge in [-0.2, -0.15) is 0 Å². The van der Waals surface area contributed by atoms with Crippen LogP contribution < -0.4 is 9.46 Å². The lowest BCUT2D eigenvalue weighted by atomic mass is 10.6. The second-order valence-corrected chi connectivity index (χ2v) is 4.99. The van der Waals surface area contributed by atoms with Gasteiger partial charge >= 0.3 is 0 Å². The van der Waals surface area contributed by atoms with Gasteiger partial charge in [-0.25, -0.2) is 18.4 Å². The summed E-state index contributed by atoms with van der Waals surface area (Å²) >= 11 is 3.09. The Hall–Kier alpha value is -0.890. The third-order valence-corrected chi connectivity index (χ3v) is 2.13. The molecule has 0 aliphatic carbocycles. The molecule has 0 saturated heterocycles. The van der Waals surface area contributed by atoms with Crippen LogP contribution in [0.3, 0.4) is 0 Å². The number of methoxy groups -OCH3 is 1. The molecule has 1 heterocycles. The minimum atomic E-state index is -3.37. The Labute approximate surface area is 89.9 Å². The zero-order valence-corrected chi connectivity index (χ0v) is 9.89. The number of aromatic nitrogens is 2. The molecule has 14 heavy (non-hydrogen) atoms. The highest BCUT2D eigenvalue weighted by atomic mass is 79.9. The molecule has 0 radical (unpaired) electrons. The average molecular weight is 282 g/mol. The predicted octanol–water partition coefficient (Wildman–Crippen LogP) is 0.619. The van der Waals surface area contributed by atoms with E-state index in [1.54, 1.807) is 0 Å². The van der Waals surface area contributed by atoms with Crippen LogP contribution in [0, 0.1) is 0 Å². The van der Waals surface area contributed by atoms with E-state index in [1.165, 1.54) is 13.3 Å². The van der Waals surface area contributed by atoms with Crippen molar-refractivity contribution in [3.8, 4) is 5.88 Å². The van der Waals surface area contributed by atoms with Crippen LogP contribution >= 0.6 is 15.9 Å². The topological polar surface area (TPSA) is 81.2 Å². The number of hydrogen-bond acceptors (Lipinski definition) is 5. The maximum Gasteiger partial charge on any atom is 0.259 e. The van der Waals surface area contributed by atoms with Gasteiger partial charge in [-0.15, -0.1) is 0 Å². The summed E-state index contributed by atoms with van der Waals surface area (Å²) in [5.74, 6) is 0.183. The van der Waals surface area contributed by atoms with Gasteiger partial charge in [-0.3, -0.25) is 4.72 Å². The molecule has 1 aromatic heterocycles. The summed E-state index contributed by atoms with van der Waals surface area (Å²) in [5.41, 5.74) is 0. The van der Waals surface area contributed by atoms with Gasteiger partial charge in [-0.1, -0.05) is 0 Å². The van der Waals surface area contributed by atoms with Crippen LogP contribution in [-0.2, 0) is 10.0 Å². The normalized spacial score (nSPS) is 11.1. The minimum absolute atomic E-state index is 0.0678. The molecule has 0 spiro atoms. The standard InChI is InChI=1S/C6H8BrN3O3S/c1-13-6-5(10-14(2,11)12)8-3-4(7)9-6/h3H,1-2H3,(H,8,10). The SMILES string of the molecule is COc1nc(Br)cnc1NS(C)(=O)=O. The van der Waals surface area contributed by atoms with Crippen molar-refractivity contribution in [3.05, 3.63) is 10.8 Å². The summed E-state index contributed by atoms with van der Waals surface area (Å²) in [4.78, 5) is 7.69. The van der Waals surface area contributed by atoms with E-state index in [0.717, 1.165) is 6.26 Å². The van der Waals surface area contributed by atoms with E-state index >= 15 is 0 Å². The van der Waals surface area contributed by atoms with Crippen molar-refractivity contribution in [2.24, 2.45) is 0 Å². The number of ether oxygens (including phenoxy) is 1. The smallest absolute Gasteiger partial charge is 0.259 e. The van der Waals surface area contributed by atoms with Crippen LogP contribution in [0.5, 0.6) is 5.88 Å². The van der Waals surface area contributed by atoms with E-state index in [1.807, 2.05) is 0 Å². The van der Waals surface area contributed by atoms with E-state index in [2.05, 4.69) is 30.6 Å². The lowest BCUT2D eigenvalue weighted by Gasteiger charge is -2.06. The first kappa shape index (κ1) is 11.2. The number of halogens is 1. The molecular formula is C6H8BrN3O3S. The van der Waals surface area contributed by atoms with Gasteiger partial charge in [0.2, 0.25) is 15.8 Å². The van der Waals surface area contributed by atoms with E-state index in [4.69, 9.17) is 4.74 Å². The maximum atomic E-state index is 10.9. The fourth-order valence-electron chi connectivity index (χ4n) is 0.740. The summed E-state index contributed by atoms with van der Waals surface area (Å²) in [7, 11) is -1.99. The van der Waals surface area contributed by atoms with Crippen molar-refractivity contribution in [1.82, 2.24) is 9.97 Å². The fourth-order valence-corrected chi connectivity index (χ4v) is 1.49. The molecule has 0 amide bonds. The highest BCUT2D eigenvalue weighted by molar-refractivity contribution is 9.10. The first-order valence-corrected chi connectivity index (χ1v) is 6.15.